The minimum Gasteiger partial charge on any atom is -0.477 e. The minimum atomic E-state index is -1.23. The summed E-state index contributed by atoms with van der Waals surface area (Å²) in [4.78, 5) is 36.6. The van der Waals surface area contributed by atoms with Crippen LogP contribution in [0.2, 0.25) is 0 Å². The van der Waals surface area contributed by atoms with Crippen molar-refractivity contribution in [2.45, 2.75) is 17.8 Å². The molecule has 2 N–H and O–H groups in total. The number of halogens is 1. The Morgan fingerprint density at radius 3 is 2.70 bits per heavy atom. The SMILES string of the molecule is O=C(Cc1ccccc1)NC1C(=O)N2C(C(=O)O)=C(Cl)CS[C@@H]12. The molecule has 23 heavy (non-hydrogen) atoms. The first-order chi connectivity index (χ1) is 11.0. The van der Waals surface area contributed by atoms with Crippen LogP contribution in [-0.4, -0.2) is 45.0 Å². The van der Waals surface area contributed by atoms with Crippen LogP contribution in [0.5, 0.6) is 0 Å². The first kappa shape index (κ1) is 15.9. The second-order valence-corrected chi connectivity index (χ2v) is 6.74. The molecule has 8 heteroatoms. The van der Waals surface area contributed by atoms with Gasteiger partial charge in [0.05, 0.1) is 11.5 Å². The summed E-state index contributed by atoms with van der Waals surface area (Å²) >= 11 is 7.23. The Kier molecular flexibility index (Phi) is 4.32. The highest BCUT2D eigenvalue weighted by molar-refractivity contribution is 8.00. The summed E-state index contributed by atoms with van der Waals surface area (Å²) < 4.78 is 0. The Morgan fingerprint density at radius 1 is 1.35 bits per heavy atom. The summed E-state index contributed by atoms with van der Waals surface area (Å²) in [5, 5.41) is 11.6. The van der Waals surface area contributed by atoms with Crippen molar-refractivity contribution in [2.75, 3.05) is 5.75 Å². The van der Waals surface area contributed by atoms with Gasteiger partial charge in [-0.1, -0.05) is 41.9 Å². The Morgan fingerprint density at radius 2 is 2.04 bits per heavy atom. The van der Waals surface area contributed by atoms with Crippen LogP contribution < -0.4 is 5.32 Å². The number of aliphatic carboxylic acids is 1. The first-order valence-corrected chi connectivity index (χ1v) is 8.31. The summed E-state index contributed by atoms with van der Waals surface area (Å²) in [5.41, 5.74) is 0.660. The topological polar surface area (TPSA) is 86.7 Å². The number of carboxylic acid groups (broad SMARTS) is 1. The highest BCUT2D eigenvalue weighted by atomic mass is 35.5. The van der Waals surface area contributed by atoms with Crippen molar-refractivity contribution < 1.29 is 19.5 Å². The van der Waals surface area contributed by atoms with E-state index in [4.69, 9.17) is 11.6 Å². The van der Waals surface area contributed by atoms with Gasteiger partial charge in [0.15, 0.2) is 0 Å². The van der Waals surface area contributed by atoms with Crippen LogP contribution in [0, 0.1) is 0 Å². The minimum absolute atomic E-state index is 0.140. The van der Waals surface area contributed by atoms with E-state index < -0.39 is 23.3 Å². The molecule has 0 saturated carbocycles. The van der Waals surface area contributed by atoms with E-state index in [2.05, 4.69) is 5.32 Å². The fraction of sp³-hybridized carbons (Fsp3) is 0.267. The maximum atomic E-state index is 12.2. The van der Waals surface area contributed by atoms with Gasteiger partial charge in [0, 0.05) is 5.75 Å². The van der Waals surface area contributed by atoms with Gasteiger partial charge in [0.25, 0.3) is 5.91 Å². The fourth-order valence-electron chi connectivity index (χ4n) is 2.59. The molecule has 1 saturated heterocycles. The molecule has 2 amide bonds. The summed E-state index contributed by atoms with van der Waals surface area (Å²) in [7, 11) is 0. The second kappa shape index (κ2) is 6.25. The lowest BCUT2D eigenvalue weighted by molar-refractivity contribution is -0.150. The zero-order valence-electron chi connectivity index (χ0n) is 11.9. The quantitative estimate of drug-likeness (QED) is 0.794. The van der Waals surface area contributed by atoms with E-state index in [9.17, 15) is 19.5 Å². The molecular formula is C15H13ClN2O4S. The van der Waals surface area contributed by atoms with Gasteiger partial charge in [-0.15, -0.1) is 11.8 Å². The van der Waals surface area contributed by atoms with Crippen LogP contribution in [0.3, 0.4) is 0 Å². The number of carbonyl (C=O) groups is 3. The third-order valence-electron chi connectivity index (χ3n) is 3.65. The Labute approximate surface area is 141 Å². The third-order valence-corrected chi connectivity index (χ3v) is 5.40. The number of nitrogens with zero attached hydrogens (tertiary/aromatic N) is 1. The summed E-state index contributed by atoms with van der Waals surface area (Å²) in [5.74, 6) is -1.64. The average molecular weight is 353 g/mol. The van der Waals surface area contributed by atoms with Crippen LogP contribution in [0.4, 0.5) is 0 Å². The van der Waals surface area contributed by atoms with Crippen LogP contribution in [0.1, 0.15) is 5.56 Å². The lowest BCUT2D eigenvalue weighted by atomic mass is 10.0. The number of rotatable bonds is 4. The molecule has 2 atom stereocenters. The maximum absolute atomic E-state index is 12.2. The first-order valence-electron chi connectivity index (χ1n) is 6.89. The van der Waals surface area contributed by atoms with Crippen molar-refractivity contribution in [1.82, 2.24) is 10.2 Å². The molecule has 6 nitrogen and oxygen atoms in total. The van der Waals surface area contributed by atoms with Gasteiger partial charge < -0.3 is 10.4 Å². The molecule has 0 aromatic heterocycles. The van der Waals surface area contributed by atoms with E-state index in [0.717, 1.165) is 10.5 Å². The maximum Gasteiger partial charge on any atom is 0.353 e. The molecule has 1 aromatic rings. The summed E-state index contributed by atoms with van der Waals surface area (Å²) in [6, 6.07) is 8.47. The number of hydrogen-bond donors (Lipinski definition) is 2. The number of thioether (sulfide) groups is 1. The van der Waals surface area contributed by atoms with Gasteiger partial charge in [-0.3, -0.25) is 14.5 Å². The number of benzene rings is 1. The van der Waals surface area contributed by atoms with Crippen LogP contribution >= 0.6 is 23.4 Å². The summed E-state index contributed by atoms with van der Waals surface area (Å²) in [6.07, 6.45) is 0.171. The van der Waals surface area contributed by atoms with Crippen molar-refractivity contribution in [1.29, 1.82) is 0 Å². The molecule has 2 aliphatic rings. The lowest BCUT2D eigenvalue weighted by Gasteiger charge is -2.48. The van der Waals surface area contributed by atoms with Crippen LogP contribution in [-0.2, 0) is 20.8 Å². The van der Waals surface area contributed by atoms with Gasteiger partial charge in [-0.2, -0.15) is 0 Å². The smallest absolute Gasteiger partial charge is 0.353 e. The van der Waals surface area contributed by atoms with Gasteiger partial charge in [-0.05, 0) is 5.56 Å². The standard InChI is InChI=1S/C15H13ClN2O4S/c16-9-7-23-14-11(13(20)18(14)12(9)15(21)22)17-10(19)6-8-4-2-1-3-5-8/h1-5,11,14H,6-7H2,(H,17,19)(H,21,22)/t11?,14-/m0/s1. The van der Waals surface area contributed by atoms with E-state index in [1.165, 1.54) is 11.8 Å². The Hall–Kier alpha value is -1.99. The van der Waals surface area contributed by atoms with E-state index >= 15 is 0 Å². The number of carbonyl (C=O) groups excluding carboxylic acids is 2. The zero-order valence-corrected chi connectivity index (χ0v) is 13.4. The van der Waals surface area contributed by atoms with Crippen molar-refractivity contribution in [3.63, 3.8) is 0 Å². The van der Waals surface area contributed by atoms with Gasteiger partial charge in [-0.25, -0.2) is 4.79 Å². The predicted octanol–water partition coefficient (Wildman–Crippen LogP) is 1.16. The highest BCUT2D eigenvalue weighted by Gasteiger charge is 2.54. The number of amides is 2. The number of β-lactam (4-membered cyclic amide) rings is 1. The van der Waals surface area contributed by atoms with E-state index in [-0.39, 0.29) is 23.1 Å². The number of carboxylic acids is 1. The van der Waals surface area contributed by atoms with Gasteiger partial charge in [0.2, 0.25) is 5.91 Å². The van der Waals surface area contributed by atoms with E-state index in [1.54, 1.807) is 0 Å². The fourth-order valence-corrected chi connectivity index (χ4v) is 4.14. The molecule has 1 aromatic carbocycles. The number of hydrogen-bond acceptors (Lipinski definition) is 4. The number of nitrogens with one attached hydrogen (secondary N) is 1. The molecule has 1 fully saturated rings. The second-order valence-electron chi connectivity index (χ2n) is 5.18. The largest absolute Gasteiger partial charge is 0.477 e. The average Bonchev–Trinajstić information content (AvgIpc) is 2.53. The van der Waals surface area contributed by atoms with Crippen molar-refractivity contribution in [3.8, 4) is 0 Å². The van der Waals surface area contributed by atoms with Crippen molar-refractivity contribution in [3.05, 3.63) is 46.6 Å². The van der Waals surface area contributed by atoms with E-state index in [1.807, 2.05) is 30.3 Å². The van der Waals surface area contributed by atoms with Crippen molar-refractivity contribution >= 4 is 41.1 Å². The predicted molar refractivity (Wildman–Crippen MR) is 85.7 cm³/mol. The lowest BCUT2D eigenvalue weighted by Crippen LogP contribution is -2.70. The number of fused-ring (bicyclic) bond motifs is 1. The van der Waals surface area contributed by atoms with Crippen LogP contribution in [0.15, 0.2) is 41.1 Å². The van der Waals surface area contributed by atoms with Crippen LogP contribution in [0.25, 0.3) is 0 Å². The molecule has 0 aliphatic carbocycles. The van der Waals surface area contributed by atoms with Gasteiger partial charge >= 0.3 is 5.97 Å². The molecular weight excluding hydrogens is 340 g/mol. The zero-order chi connectivity index (χ0) is 16.6. The molecule has 1 unspecified atom stereocenters. The van der Waals surface area contributed by atoms with E-state index in [0.29, 0.717) is 5.75 Å². The molecule has 3 rings (SSSR count). The Bertz CT molecular complexity index is 707. The van der Waals surface area contributed by atoms with Gasteiger partial charge in [0.1, 0.15) is 17.1 Å². The monoisotopic (exact) mass is 352 g/mol. The molecule has 2 aliphatic heterocycles. The normalized spacial score (nSPS) is 23.2. The molecule has 0 radical (unpaired) electrons. The molecule has 0 bridgehead atoms. The molecule has 2 heterocycles. The summed E-state index contributed by atoms with van der Waals surface area (Å²) in [6.45, 7) is 0. The molecule has 0 spiro atoms. The third kappa shape index (κ3) is 2.94. The van der Waals surface area contributed by atoms with Crippen molar-refractivity contribution in [2.24, 2.45) is 0 Å². The Balaban J connectivity index is 1.67. The molecule has 120 valence electrons. The highest BCUT2D eigenvalue weighted by Crippen LogP contribution is 2.41.